The summed E-state index contributed by atoms with van der Waals surface area (Å²) in [6.07, 6.45) is 2.86. The van der Waals surface area contributed by atoms with E-state index in [9.17, 15) is 0 Å². The maximum absolute atomic E-state index is 4.40. The lowest BCUT2D eigenvalue weighted by Crippen LogP contribution is -2.08. The van der Waals surface area contributed by atoms with Crippen LogP contribution in [-0.4, -0.2) is 31.7 Å². The second kappa shape index (κ2) is 5.87. The topological polar surface area (TPSA) is 68.5 Å². The van der Waals surface area contributed by atoms with Crippen LogP contribution in [0.25, 0.3) is 16.7 Å². The number of hydrogen-bond acceptors (Lipinski definition) is 5. The highest BCUT2D eigenvalue weighted by atomic mass is 15.4. The molecule has 2 aromatic heterocycles. The Morgan fingerprint density at radius 2 is 1.95 bits per heavy atom. The largest absolute Gasteiger partial charge is 0.368 e. The van der Waals surface area contributed by atoms with Gasteiger partial charge in [-0.3, -0.25) is 0 Å². The predicted molar refractivity (Wildman–Crippen MR) is 82.4 cm³/mol. The fourth-order valence-corrected chi connectivity index (χ4v) is 2.14. The molecule has 108 valence electrons. The first kappa shape index (κ1) is 13.5. The third kappa shape index (κ3) is 2.84. The van der Waals surface area contributed by atoms with E-state index in [4.69, 9.17) is 0 Å². The van der Waals surface area contributed by atoms with E-state index in [0.29, 0.717) is 11.6 Å². The Bertz CT molecular complexity index is 719. The van der Waals surface area contributed by atoms with E-state index in [1.165, 1.54) is 0 Å². The van der Waals surface area contributed by atoms with Crippen LogP contribution in [0, 0.1) is 5.92 Å². The second-order valence-electron chi connectivity index (χ2n) is 5.38. The van der Waals surface area contributed by atoms with Crippen LogP contribution in [0.4, 0.5) is 5.82 Å². The number of aromatic nitrogens is 5. The van der Waals surface area contributed by atoms with Gasteiger partial charge in [-0.2, -0.15) is 5.10 Å². The van der Waals surface area contributed by atoms with Crippen LogP contribution in [0.3, 0.4) is 0 Å². The Balaban J connectivity index is 1.93. The highest BCUT2D eigenvalue weighted by Crippen LogP contribution is 2.20. The zero-order chi connectivity index (χ0) is 14.7. The van der Waals surface area contributed by atoms with Crippen molar-refractivity contribution in [3.05, 3.63) is 36.5 Å². The van der Waals surface area contributed by atoms with Gasteiger partial charge in [0.15, 0.2) is 11.5 Å². The summed E-state index contributed by atoms with van der Waals surface area (Å²) in [6.45, 7) is 5.26. The number of benzene rings is 1. The highest BCUT2D eigenvalue weighted by molar-refractivity contribution is 5.86. The lowest BCUT2D eigenvalue weighted by atomic mass is 10.1. The van der Waals surface area contributed by atoms with Crippen molar-refractivity contribution in [3.63, 3.8) is 0 Å². The van der Waals surface area contributed by atoms with Gasteiger partial charge in [0, 0.05) is 6.54 Å². The normalized spacial score (nSPS) is 11.2. The molecule has 0 saturated carbocycles. The lowest BCUT2D eigenvalue weighted by molar-refractivity contribution is 0.606. The van der Waals surface area contributed by atoms with E-state index in [-0.39, 0.29) is 0 Å². The predicted octanol–water partition coefficient (Wildman–Crippen LogP) is 2.67. The van der Waals surface area contributed by atoms with Crippen LogP contribution < -0.4 is 5.32 Å². The molecule has 6 heteroatoms. The number of para-hydroxylation sites is 1. The summed E-state index contributed by atoms with van der Waals surface area (Å²) < 4.78 is 1.78. The molecule has 3 aromatic rings. The van der Waals surface area contributed by atoms with Gasteiger partial charge in [-0.05, 0) is 29.7 Å². The molecule has 2 heterocycles. The van der Waals surface area contributed by atoms with Crippen molar-refractivity contribution in [1.29, 1.82) is 0 Å². The molecule has 1 N–H and O–H groups in total. The van der Waals surface area contributed by atoms with E-state index in [0.717, 1.165) is 29.9 Å². The van der Waals surface area contributed by atoms with Crippen LogP contribution in [0.1, 0.15) is 20.3 Å². The zero-order valence-corrected chi connectivity index (χ0v) is 12.2. The second-order valence-corrected chi connectivity index (χ2v) is 5.38. The Kier molecular flexibility index (Phi) is 3.77. The number of nitrogens with one attached hydrogen (secondary N) is 1. The van der Waals surface area contributed by atoms with Gasteiger partial charge < -0.3 is 5.32 Å². The standard InChI is InChI=1S/C15H18N6/c1-11(2)8-9-16-14-13-10-17-21(15(13)19-20-18-14)12-6-4-3-5-7-12/h3-7,10-11H,8-9H2,1-2H3,(H,16,18,19). The fourth-order valence-electron chi connectivity index (χ4n) is 2.14. The average molecular weight is 282 g/mol. The summed E-state index contributed by atoms with van der Waals surface area (Å²) in [5, 5.41) is 20.7. The summed E-state index contributed by atoms with van der Waals surface area (Å²) in [5.41, 5.74) is 1.67. The minimum atomic E-state index is 0.648. The van der Waals surface area contributed by atoms with Gasteiger partial charge >= 0.3 is 0 Å². The van der Waals surface area contributed by atoms with Crippen LogP contribution in [0.2, 0.25) is 0 Å². The maximum Gasteiger partial charge on any atom is 0.190 e. The van der Waals surface area contributed by atoms with Crippen molar-refractivity contribution < 1.29 is 0 Å². The molecule has 0 spiro atoms. The summed E-state index contributed by atoms with van der Waals surface area (Å²) in [7, 11) is 0. The lowest BCUT2D eigenvalue weighted by Gasteiger charge is -2.07. The van der Waals surface area contributed by atoms with Gasteiger partial charge in [-0.15, -0.1) is 10.2 Å². The summed E-state index contributed by atoms with van der Waals surface area (Å²) in [4.78, 5) is 0. The molecule has 0 aliphatic heterocycles. The Morgan fingerprint density at radius 3 is 2.71 bits per heavy atom. The molecule has 0 bridgehead atoms. The van der Waals surface area contributed by atoms with E-state index < -0.39 is 0 Å². The quantitative estimate of drug-likeness (QED) is 0.779. The number of anilines is 1. The van der Waals surface area contributed by atoms with Gasteiger partial charge in [0.05, 0.1) is 17.3 Å². The Morgan fingerprint density at radius 1 is 1.14 bits per heavy atom. The van der Waals surface area contributed by atoms with E-state index in [1.807, 2.05) is 30.3 Å². The molecule has 3 rings (SSSR count). The molecule has 0 atom stereocenters. The number of hydrogen-bond donors (Lipinski definition) is 1. The SMILES string of the molecule is CC(C)CCNc1nnnc2c1cnn2-c1ccccc1. The molecular weight excluding hydrogens is 264 g/mol. The summed E-state index contributed by atoms with van der Waals surface area (Å²) in [6, 6.07) is 9.89. The Labute approximate surface area is 123 Å². The van der Waals surface area contributed by atoms with E-state index in [1.54, 1.807) is 10.9 Å². The van der Waals surface area contributed by atoms with Crippen molar-refractivity contribution in [2.24, 2.45) is 5.92 Å². The van der Waals surface area contributed by atoms with Crippen molar-refractivity contribution >= 4 is 16.9 Å². The molecular formula is C15H18N6. The third-order valence-electron chi connectivity index (χ3n) is 3.30. The minimum absolute atomic E-state index is 0.648. The minimum Gasteiger partial charge on any atom is -0.368 e. The fraction of sp³-hybridized carbons (Fsp3) is 0.333. The molecule has 0 unspecified atom stereocenters. The average Bonchev–Trinajstić information content (AvgIpc) is 2.92. The molecule has 21 heavy (non-hydrogen) atoms. The maximum atomic E-state index is 4.40. The van der Waals surface area contributed by atoms with Crippen molar-refractivity contribution in [2.75, 3.05) is 11.9 Å². The first-order valence-corrected chi connectivity index (χ1v) is 7.12. The molecule has 0 aliphatic carbocycles. The molecule has 0 fully saturated rings. The third-order valence-corrected chi connectivity index (χ3v) is 3.30. The van der Waals surface area contributed by atoms with Crippen LogP contribution in [0.5, 0.6) is 0 Å². The van der Waals surface area contributed by atoms with Crippen LogP contribution in [-0.2, 0) is 0 Å². The first-order valence-electron chi connectivity index (χ1n) is 7.12. The summed E-state index contributed by atoms with van der Waals surface area (Å²) >= 11 is 0. The molecule has 6 nitrogen and oxygen atoms in total. The number of rotatable bonds is 5. The highest BCUT2D eigenvalue weighted by Gasteiger charge is 2.11. The van der Waals surface area contributed by atoms with Crippen LogP contribution in [0.15, 0.2) is 36.5 Å². The molecule has 0 amide bonds. The summed E-state index contributed by atoms with van der Waals surface area (Å²) in [5.74, 6) is 1.39. The number of nitrogens with zero attached hydrogens (tertiary/aromatic N) is 5. The van der Waals surface area contributed by atoms with Crippen molar-refractivity contribution in [2.45, 2.75) is 20.3 Å². The van der Waals surface area contributed by atoms with Gasteiger partial charge in [0.1, 0.15) is 0 Å². The van der Waals surface area contributed by atoms with Crippen molar-refractivity contribution in [1.82, 2.24) is 25.2 Å². The monoisotopic (exact) mass is 282 g/mol. The molecule has 1 aromatic carbocycles. The van der Waals surface area contributed by atoms with Gasteiger partial charge in [-0.25, -0.2) is 4.68 Å². The van der Waals surface area contributed by atoms with E-state index >= 15 is 0 Å². The van der Waals surface area contributed by atoms with Crippen LogP contribution >= 0.6 is 0 Å². The molecule has 0 radical (unpaired) electrons. The van der Waals surface area contributed by atoms with Gasteiger partial charge in [0.2, 0.25) is 0 Å². The van der Waals surface area contributed by atoms with Gasteiger partial charge in [0.25, 0.3) is 0 Å². The van der Waals surface area contributed by atoms with Gasteiger partial charge in [-0.1, -0.05) is 32.0 Å². The number of fused-ring (bicyclic) bond motifs is 1. The first-order chi connectivity index (χ1) is 10.3. The zero-order valence-electron chi connectivity index (χ0n) is 12.2. The van der Waals surface area contributed by atoms with E-state index in [2.05, 4.69) is 39.7 Å². The van der Waals surface area contributed by atoms with Crippen molar-refractivity contribution in [3.8, 4) is 5.69 Å². The molecule has 0 aliphatic rings. The Hall–Kier alpha value is -2.50. The smallest absolute Gasteiger partial charge is 0.190 e. The molecule has 0 saturated heterocycles.